The van der Waals surface area contributed by atoms with Crippen molar-refractivity contribution in [3.05, 3.63) is 33.8 Å². The van der Waals surface area contributed by atoms with Gasteiger partial charge in [-0.05, 0) is 50.0 Å². The van der Waals surface area contributed by atoms with E-state index in [1.165, 1.54) is 31.5 Å². The van der Waals surface area contributed by atoms with Crippen LogP contribution in [0.15, 0.2) is 18.2 Å². The van der Waals surface area contributed by atoms with Crippen LogP contribution in [0, 0.1) is 0 Å². The average molecular weight is 301 g/mol. The predicted molar refractivity (Wildman–Crippen MR) is 83.2 cm³/mol. The zero-order valence-corrected chi connectivity index (χ0v) is 13.0. The van der Waals surface area contributed by atoms with E-state index in [0.717, 1.165) is 19.5 Å². The standard InChI is InChI=1S/C15H22Cl2N2/c1-2-15(12-5-6-13(16)14(17)11-12)18-7-10-19-8-3-4-9-19/h5-6,11,15,18H,2-4,7-10H2,1H3. The summed E-state index contributed by atoms with van der Waals surface area (Å²) < 4.78 is 0. The topological polar surface area (TPSA) is 15.3 Å². The molecule has 0 saturated carbocycles. The second-order valence-electron chi connectivity index (χ2n) is 5.14. The van der Waals surface area contributed by atoms with Gasteiger partial charge in [0.1, 0.15) is 0 Å². The van der Waals surface area contributed by atoms with Crippen LogP contribution >= 0.6 is 23.2 Å². The highest BCUT2D eigenvalue weighted by Gasteiger charge is 2.13. The monoisotopic (exact) mass is 300 g/mol. The van der Waals surface area contributed by atoms with E-state index in [0.29, 0.717) is 16.1 Å². The fraction of sp³-hybridized carbons (Fsp3) is 0.600. The first-order valence-electron chi connectivity index (χ1n) is 7.11. The summed E-state index contributed by atoms with van der Waals surface area (Å²) >= 11 is 12.0. The molecule has 1 aliphatic rings. The molecule has 0 bridgehead atoms. The molecular formula is C15H22Cl2N2. The molecule has 1 unspecified atom stereocenters. The number of halogens is 2. The van der Waals surface area contributed by atoms with Crippen LogP contribution in [-0.4, -0.2) is 31.1 Å². The Kier molecular flexibility index (Phi) is 5.96. The third-order valence-corrected chi connectivity index (χ3v) is 4.51. The molecule has 1 aromatic carbocycles. The van der Waals surface area contributed by atoms with Crippen molar-refractivity contribution in [2.45, 2.75) is 32.2 Å². The molecule has 0 aromatic heterocycles. The molecule has 0 spiro atoms. The highest BCUT2D eigenvalue weighted by atomic mass is 35.5. The van der Waals surface area contributed by atoms with Crippen LogP contribution in [0.1, 0.15) is 37.8 Å². The number of rotatable bonds is 6. The maximum atomic E-state index is 6.08. The number of nitrogens with one attached hydrogen (secondary N) is 1. The van der Waals surface area contributed by atoms with Gasteiger partial charge < -0.3 is 10.2 Å². The number of nitrogens with zero attached hydrogens (tertiary/aromatic N) is 1. The Morgan fingerprint density at radius 1 is 1.21 bits per heavy atom. The molecule has 0 amide bonds. The van der Waals surface area contributed by atoms with E-state index < -0.39 is 0 Å². The molecular weight excluding hydrogens is 279 g/mol. The quantitative estimate of drug-likeness (QED) is 0.850. The Morgan fingerprint density at radius 3 is 2.58 bits per heavy atom. The summed E-state index contributed by atoms with van der Waals surface area (Å²) in [5.74, 6) is 0. The van der Waals surface area contributed by atoms with Gasteiger partial charge in [-0.1, -0.05) is 36.2 Å². The molecule has 0 aliphatic carbocycles. The Hall–Kier alpha value is -0.280. The molecule has 4 heteroatoms. The molecule has 19 heavy (non-hydrogen) atoms. The van der Waals surface area contributed by atoms with Gasteiger partial charge in [-0.15, -0.1) is 0 Å². The lowest BCUT2D eigenvalue weighted by atomic mass is 10.0. The van der Waals surface area contributed by atoms with Crippen molar-refractivity contribution >= 4 is 23.2 Å². The minimum atomic E-state index is 0.359. The van der Waals surface area contributed by atoms with Gasteiger partial charge in [0.25, 0.3) is 0 Å². The van der Waals surface area contributed by atoms with Crippen molar-refractivity contribution in [3.63, 3.8) is 0 Å². The molecule has 1 fully saturated rings. The first-order valence-corrected chi connectivity index (χ1v) is 7.87. The van der Waals surface area contributed by atoms with Crippen molar-refractivity contribution in [2.24, 2.45) is 0 Å². The molecule has 106 valence electrons. The second-order valence-corrected chi connectivity index (χ2v) is 5.95. The van der Waals surface area contributed by atoms with E-state index >= 15 is 0 Å². The van der Waals surface area contributed by atoms with Crippen LogP contribution in [0.3, 0.4) is 0 Å². The van der Waals surface area contributed by atoms with Gasteiger partial charge in [-0.3, -0.25) is 0 Å². The lowest BCUT2D eigenvalue weighted by molar-refractivity contribution is 0.326. The van der Waals surface area contributed by atoms with Gasteiger partial charge in [-0.2, -0.15) is 0 Å². The van der Waals surface area contributed by atoms with E-state index in [9.17, 15) is 0 Å². The number of hydrogen-bond donors (Lipinski definition) is 1. The highest BCUT2D eigenvalue weighted by Crippen LogP contribution is 2.26. The molecule has 1 N–H and O–H groups in total. The minimum absolute atomic E-state index is 0.359. The molecule has 1 aromatic rings. The Morgan fingerprint density at radius 2 is 1.95 bits per heavy atom. The minimum Gasteiger partial charge on any atom is -0.309 e. The van der Waals surface area contributed by atoms with Gasteiger partial charge in [0.2, 0.25) is 0 Å². The first kappa shape index (κ1) is 15.1. The van der Waals surface area contributed by atoms with E-state index in [2.05, 4.69) is 23.2 Å². The summed E-state index contributed by atoms with van der Waals surface area (Å²) in [7, 11) is 0. The van der Waals surface area contributed by atoms with Crippen molar-refractivity contribution < 1.29 is 0 Å². The molecule has 1 heterocycles. The Balaban J connectivity index is 1.86. The van der Waals surface area contributed by atoms with Crippen LogP contribution in [0.25, 0.3) is 0 Å². The highest BCUT2D eigenvalue weighted by molar-refractivity contribution is 6.42. The maximum absolute atomic E-state index is 6.08. The van der Waals surface area contributed by atoms with E-state index in [-0.39, 0.29) is 0 Å². The molecule has 2 rings (SSSR count). The van der Waals surface area contributed by atoms with Gasteiger partial charge >= 0.3 is 0 Å². The largest absolute Gasteiger partial charge is 0.309 e. The summed E-state index contributed by atoms with van der Waals surface area (Å²) in [6.07, 6.45) is 3.76. The maximum Gasteiger partial charge on any atom is 0.0595 e. The van der Waals surface area contributed by atoms with Gasteiger partial charge in [-0.25, -0.2) is 0 Å². The lowest BCUT2D eigenvalue weighted by Gasteiger charge is -2.21. The zero-order valence-electron chi connectivity index (χ0n) is 11.5. The van der Waals surface area contributed by atoms with Gasteiger partial charge in [0.15, 0.2) is 0 Å². The van der Waals surface area contributed by atoms with Crippen molar-refractivity contribution in [3.8, 4) is 0 Å². The SMILES string of the molecule is CCC(NCCN1CCCC1)c1ccc(Cl)c(Cl)c1. The Labute approximate surface area is 126 Å². The molecule has 0 radical (unpaired) electrons. The predicted octanol–water partition coefficient (Wildman–Crippen LogP) is 4.13. The molecule has 1 aliphatic heterocycles. The van der Waals surface area contributed by atoms with Crippen LogP contribution < -0.4 is 5.32 Å². The van der Waals surface area contributed by atoms with E-state index in [1.54, 1.807) is 0 Å². The van der Waals surface area contributed by atoms with Crippen LogP contribution in [-0.2, 0) is 0 Å². The molecule has 1 saturated heterocycles. The summed E-state index contributed by atoms with van der Waals surface area (Å²) in [4.78, 5) is 2.52. The van der Waals surface area contributed by atoms with Crippen molar-refractivity contribution in [1.82, 2.24) is 10.2 Å². The van der Waals surface area contributed by atoms with Crippen LogP contribution in [0.4, 0.5) is 0 Å². The van der Waals surface area contributed by atoms with Gasteiger partial charge in [0.05, 0.1) is 10.0 Å². The third kappa shape index (κ3) is 4.35. The second kappa shape index (κ2) is 7.49. The summed E-state index contributed by atoms with van der Waals surface area (Å²) in [5.41, 5.74) is 1.22. The summed E-state index contributed by atoms with van der Waals surface area (Å²) in [6, 6.07) is 6.27. The molecule has 1 atom stereocenters. The zero-order chi connectivity index (χ0) is 13.7. The fourth-order valence-corrected chi connectivity index (χ4v) is 2.94. The van der Waals surface area contributed by atoms with E-state index in [4.69, 9.17) is 23.2 Å². The Bertz CT molecular complexity index is 403. The number of hydrogen-bond acceptors (Lipinski definition) is 2. The fourth-order valence-electron chi connectivity index (χ4n) is 2.63. The molecule has 2 nitrogen and oxygen atoms in total. The first-order chi connectivity index (χ1) is 9.20. The van der Waals surface area contributed by atoms with E-state index in [1.807, 2.05) is 12.1 Å². The summed E-state index contributed by atoms with van der Waals surface area (Å²) in [6.45, 7) is 6.86. The lowest BCUT2D eigenvalue weighted by Crippen LogP contribution is -2.32. The van der Waals surface area contributed by atoms with Crippen molar-refractivity contribution in [2.75, 3.05) is 26.2 Å². The van der Waals surface area contributed by atoms with Crippen molar-refractivity contribution in [1.29, 1.82) is 0 Å². The normalized spacial score (nSPS) is 17.8. The van der Waals surface area contributed by atoms with Gasteiger partial charge in [0, 0.05) is 19.1 Å². The van der Waals surface area contributed by atoms with Crippen LogP contribution in [0.2, 0.25) is 10.0 Å². The average Bonchev–Trinajstić information content (AvgIpc) is 2.91. The number of likely N-dealkylation sites (tertiary alicyclic amines) is 1. The smallest absolute Gasteiger partial charge is 0.0595 e. The summed E-state index contributed by atoms with van der Waals surface area (Å²) in [5, 5.41) is 4.88. The number of benzene rings is 1. The third-order valence-electron chi connectivity index (χ3n) is 3.77. The van der Waals surface area contributed by atoms with Crippen LogP contribution in [0.5, 0.6) is 0 Å².